The van der Waals surface area contributed by atoms with Gasteiger partial charge in [-0.05, 0) is 24.6 Å². The third-order valence-electron chi connectivity index (χ3n) is 1.82. The summed E-state index contributed by atoms with van der Waals surface area (Å²) in [6, 6.07) is 8.33. The highest BCUT2D eigenvalue weighted by Crippen LogP contribution is 2.26. The van der Waals surface area contributed by atoms with E-state index in [1.807, 2.05) is 17.8 Å². The summed E-state index contributed by atoms with van der Waals surface area (Å²) in [5.74, 6) is 0. The Bertz CT molecular complexity index is 261. The zero-order valence-electron chi connectivity index (χ0n) is 7.66. The molecule has 0 bridgehead atoms. The molecule has 0 aliphatic heterocycles. The largest absolute Gasteiger partial charge is 0.329 e. The molecule has 0 aliphatic rings. The van der Waals surface area contributed by atoms with E-state index in [0.29, 0.717) is 5.25 Å². The molecule has 0 saturated carbocycles. The molecule has 1 nitrogen and oxygen atoms in total. The van der Waals surface area contributed by atoms with Gasteiger partial charge in [0.1, 0.15) is 0 Å². The Labute approximate surface area is 92.2 Å². The van der Waals surface area contributed by atoms with Crippen LogP contribution in [0.5, 0.6) is 0 Å². The van der Waals surface area contributed by atoms with Gasteiger partial charge in [0.05, 0.1) is 0 Å². The van der Waals surface area contributed by atoms with Crippen LogP contribution in [0.25, 0.3) is 0 Å². The molecule has 1 aromatic rings. The molecule has 1 aromatic carbocycles. The first-order valence-corrected chi connectivity index (χ1v) is 6.05. The number of benzene rings is 1. The van der Waals surface area contributed by atoms with E-state index in [4.69, 9.17) is 5.73 Å². The van der Waals surface area contributed by atoms with Crippen LogP contribution in [0.4, 0.5) is 0 Å². The highest BCUT2D eigenvalue weighted by Gasteiger charge is 2.05. The van der Waals surface area contributed by atoms with Gasteiger partial charge in [-0.2, -0.15) is 0 Å². The monoisotopic (exact) mass is 259 g/mol. The molecule has 13 heavy (non-hydrogen) atoms. The Morgan fingerprint density at radius 1 is 1.54 bits per heavy atom. The lowest BCUT2D eigenvalue weighted by Crippen LogP contribution is -2.15. The van der Waals surface area contributed by atoms with E-state index in [0.717, 1.165) is 17.4 Å². The van der Waals surface area contributed by atoms with E-state index in [2.05, 4.69) is 41.1 Å². The van der Waals surface area contributed by atoms with Crippen molar-refractivity contribution in [3.8, 4) is 0 Å². The fourth-order valence-corrected chi connectivity index (χ4v) is 2.58. The number of thioether (sulfide) groups is 1. The van der Waals surface area contributed by atoms with Gasteiger partial charge in [-0.3, -0.25) is 0 Å². The van der Waals surface area contributed by atoms with Crippen molar-refractivity contribution in [2.24, 2.45) is 5.73 Å². The van der Waals surface area contributed by atoms with Gasteiger partial charge in [0.15, 0.2) is 0 Å². The molecule has 0 spiro atoms. The summed E-state index contributed by atoms with van der Waals surface area (Å²) in [6.45, 7) is 2.91. The molecule has 0 aliphatic carbocycles. The molecule has 72 valence electrons. The van der Waals surface area contributed by atoms with Crippen LogP contribution in [0.15, 0.2) is 33.6 Å². The van der Waals surface area contributed by atoms with Gasteiger partial charge < -0.3 is 5.73 Å². The summed E-state index contributed by atoms with van der Waals surface area (Å²) in [6.07, 6.45) is 1.12. The Morgan fingerprint density at radius 3 is 2.85 bits per heavy atom. The molecule has 0 aromatic heterocycles. The van der Waals surface area contributed by atoms with E-state index in [-0.39, 0.29) is 0 Å². The Balaban J connectivity index is 2.62. The zero-order chi connectivity index (χ0) is 9.68. The average molecular weight is 260 g/mol. The predicted molar refractivity (Wildman–Crippen MR) is 63.1 cm³/mol. The summed E-state index contributed by atoms with van der Waals surface area (Å²) in [4.78, 5) is 1.28. The molecule has 1 atom stereocenters. The molecule has 0 radical (unpaired) electrons. The smallest absolute Gasteiger partial charge is 0.0214 e. The molecule has 0 heterocycles. The first-order valence-electron chi connectivity index (χ1n) is 4.38. The van der Waals surface area contributed by atoms with Crippen molar-refractivity contribution in [3.05, 3.63) is 28.7 Å². The van der Waals surface area contributed by atoms with Gasteiger partial charge in [-0.15, -0.1) is 11.8 Å². The van der Waals surface area contributed by atoms with Crippen molar-refractivity contribution in [3.63, 3.8) is 0 Å². The summed E-state index contributed by atoms with van der Waals surface area (Å²) in [7, 11) is 0. The maximum atomic E-state index is 5.64. The Morgan fingerprint density at radius 2 is 2.31 bits per heavy atom. The van der Waals surface area contributed by atoms with Crippen LogP contribution in [-0.4, -0.2) is 11.8 Å². The zero-order valence-corrected chi connectivity index (χ0v) is 10.1. The predicted octanol–water partition coefficient (Wildman–Crippen LogP) is 3.28. The van der Waals surface area contributed by atoms with E-state index in [9.17, 15) is 0 Å². The molecule has 3 heteroatoms. The van der Waals surface area contributed by atoms with Gasteiger partial charge in [0.2, 0.25) is 0 Å². The second-order valence-corrected chi connectivity index (χ2v) is 5.13. The third-order valence-corrected chi connectivity index (χ3v) is 3.70. The molecule has 2 N–H and O–H groups in total. The van der Waals surface area contributed by atoms with Crippen molar-refractivity contribution >= 4 is 27.7 Å². The van der Waals surface area contributed by atoms with Crippen LogP contribution in [-0.2, 0) is 0 Å². The topological polar surface area (TPSA) is 26.0 Å². The van der Waals surface area contributed by atoms with Crippen molar-refractivity contribution in [2.45, 2.75) is 23.5 Å². The van der Waals surface area contributed by atoms with E-state index < -0.39 is 0 Å². The standard InChI is InChI=1S/C10H14BrNS/c1-2-9(7-12)13-10-5-3-4-8(11)6-10/h3-6,9H,2,7,12H2,1H3. The number of halogens is 1. The average Bonchev–Trinajstić information content (AvgIpc) is 2.14. The highest BCUT2D eigenvalue weighted by molar-refractivity contribution is 9.10. The van der Waals surface area contributed by atoms with Gasteiger partial charge in [0, 0.05) is 21.2 Å². The van der Waals surface area contributed by atoms with Crippen LogP contribution in [0.2, 0.25) is 0 Å². The minimum Gasteiger partial charge on any atom is -0.329 e. The quantitative estimate of drug-likeness (QED) is 0.841. The van der Waals surface area contributed by atoms with Crippen LogP contribution in [0.3, 0.4) is 0 Å². The lowest BCUT2D eigenvalue weighted by molar-refractivity contribution is 0.827. The first-order chi connectivity index (χ1) is 6.26. The molecule has 0 fully saturated rings. The van der Waals surface area contributed by atoms with E-state index in [1.54, 1.807) is 0 Å². The van der Waals surface area contributed by atoms with Gasteiger partial charge >= 0.3 is 0 Å². The lowest BCUT2D eigenvalue weighted by Gasteiger charge is -2.11. The fourth-order valence-electron chi connectivity index (χ4n) is 1.03. The van der Waals surface area contributed by atoms with Crippen molar-refractivity contribution < 1.29 is 0 Å². The van der Waals surface area contributed by atoms with Crippen LogP contribution >= 0.6 is 27.7 Å². The van der Waals surface area contributed by atoms with E-state index >= 15 is 0 Å². The minimum atomic E-state index is 0.536. The first kappa shape index (κ1) is 11.1. The number of nitrogens with two attached hydrogens (primary N) is 1. The van der Waals surface area contributed by atoms with Gasteiger partial charge in [-0.25, -0.2) is 0 Å². The normalized spacial score (nSPS) is 12.8. The van der Waals surface area contributed by atoms with Crippen LogP contribution < -0.4 is 5.73 Å². The van der Waals surface area contributed by atoms with Gasteiger partial charge in [0.25, 0.3) is 0 Å². The third kappa shape index (κ3) is 3.71. The highest BCUT2D eigenvalue weighted by atomic mass is 79.9. The molecule has 0 amide bonds. The van der Waals surface area contributed by atoms with Crippen molar-refractivity contribution in [1.82, 2.24) is 0 Å². The van der Waals surface area contributed by atoms with Crippen molar-refractivity contribution in [2.75, 3.05) is 6.54 Å². The number of hydrogen-bond acceptors (Lipinski definition) is 2. The van der Waals surface area contributed by atoms with Crippen LogP contribution in [0.1, 0.15) is 13.3 Å². The maximum Gasteiger partial charge on any atom is 0.0214 e. The lowest BCUT2D eigenvalue weighted by atomic mass is 10.3. The SMILES string of the molecule is CCC(CN)Sc1cccc(Br)c1. The number of rotatable bonds is 4. The van der Waals surface area contributed by atoms with Gasteiger partial charge in [-0.1, -0.05) is 28.9 Å². The Kier molecular flexibility index (Phi) is 4.84. The molecule has 0 saturated heterocycles. The molecular formula is C10H14BrNS. The minimum absolute atomic E-state index is 0.536. The fraction of sp³-hybridized carbons (Fsp3) is 0.400. The maximum absolute atomic E-state index is 5.64. The molecule has 1 rings (SSSR count). The Hall–Kier alpha value is 0.01000. The number of hydrogen-bond donors (Lipinski definition) is 1. The van der Waals surface area contributed by atoms with Crippen molar-refractivity contribution in [1.29, 1.82) is 0 Å². The molecule has 1 unspecified atom stereocenters. The second-order valence-electron chi connectivity index (χ2n) is 2.84. The second kappa shape index (κ2) is 5.68. The van der Waals surface area contributed by atoms with E-state index in [1.165, 1.54) is 4.90 Å². The molecular weight excluding hydrogens is 246 g/mol. The van der Waals surface area contributed by atoms with Crippen LogP contribution in [0, 0.1) is 0 Å². The summed E-state index contributed by atoms with van der Waals surface area (Å²) in [5.41, 5.74) is 5.64. The summed E-state index contributed by atoms with van der Waals surface area (Å²) >= 11 is 5.30. The summed E-state index contributed by atoms with van der Waals surface area (Å²) in [5, 5.41) is 0.536. The summed E-state index contributed by atoms with van der Waals surface area (Å²) < 4.78 is 1.13.